The number of carbonyl (C=O) groups excluding carboxylic acids is 1. The van der Waals surface area contributed by atoms with E-state index in [1.807, 2.05) is 6.92 Å². The maximum Gasteiger partial charge on any atom is 0.253 e. The van der Waals surface area contributed by atoms with Crippen LogP contribution in [0.25, 0.3) is 0 Å². The Morgan fingerprint density at radius 2 is 1.89 bits per heavy atom. The Labute approximate surface area is 113 Å². The van der Waals surface area contributed by atoms with Crippen LogP contribution in [0.3, 0.4) is 0 Å². The summed E-state index contributed by atoms with van der Waals surface area (Å²) in [7, 11) is -3.40. The molecule has 3 N–H and O–H groups in total. The first-order valence-electron chi connectivity index (χ1n) is 5.99. The molecule has 0 spiro atoms. The number of hydrogen-bond donors (Lipinski definition) is 3. The number of amides is 1. The number of hydrogen-bond acceptors (Lipinski definition) is 4. The van der Waals surface area contributed by atoms with Gasteiger partial charge in [-0.2, -0.15) is 0 Å². The van der Waals surface area contributed by atoms with Crippen LogP contribution in [0.4, 0.5) is 5.69 Å². The summed E-state index contributed by atoms with van der Waals surface area (Å²) in [6.07, 6.45) is 1.05. The Balaban J connectivity index is 2.74. The molecular weight excluding hydrogens is 266 g/mol. The van der Waals surface area contributed by atoms with E-state index in [0.717, 1.165) is 12.8 Å². The fourth-order valence-electron chi connectivity index (χ4n) is 1.51. The zero-order valence-corrected chi connectivity index (χ0v) is 11.9. The third-order valence-corrected chi connectivity index (χ3v) is 2.90. The summed E-state index contributed by atoms with van der Waals surface area (Å²) >= 11 is 0. The van der Waals surface area contributed by atoms with Crippen LogP contribution in [0.1, 0.15) is 17.3 Å². The first kappa shape index (κ1) is 15.5. The third-order valence-electron chi connectivity index (χ3n) is 2.30. The molecule has 0 saturated carbocycles. The van der Waals surface area contributed by atoms with Gasteiger partial charge in [-0.05, 0) is 18.7 Å². The van der Waals surface area contributed by atoms with Crippen molar-refractivity contribution >= 4 is 21.6 Å². The number of rotatable bonds is 7. The molecule has 0 saturated heterocycles. The van der Waals surface area contributed by atoms with Crippen LogP contribution in [-0.2, 0) is 10.0 Å². The van der Waals surface area contributed by atoms with Crippen molar-refractivity contribution in [1.29, 1.82) is 0 Å². The zero-order chi connectivity index (χ0) is 14.3. The Hall–Kier alpha value is -1.60. The zero-order valence-electron chi connectivity index (χ0n) is 11.1. The SMILES string of the molecule is CCNCCNC(=O)c1ccccc1NS(C)(=O)=O. The lowest BCUT2D eigenvalue weighted by atomic mass is 10.1. The van der Waals surface area contributed by atoms with Gasteiger partial charge < -0.3 is 10.6 Å². The van der Waals surface area contributed by atoms with E-state index in [-0.39, 0.29) is 11.6 Å². The first-order chi connectivity index (χ1) is 8.94. The number of anilines is 1. The van der Waals surface area contributed by atoms with Crippen LogP contribution in [0.5, 0.6) is 0 Å². The molecule has 1 amide bonds. The van der Waals surface area contributed by atoms with Crippen molar-refractivity contribution in [2.24, 2.45) is 0 Å². The average Bonchev–Trinajstić information content (AvgIpc) is 2.33. The van der Waals surface area contributed by atoms with Crippen LogP contribution < -0.4 is 15.4 Å². The van der Waals surface area contributed by atoms with Gasteiger partial charge in [0.05, 0.1) is 17.5 Å². The Morgan fingerprint density at radius 3 is 2.53 bits per heavy atom. The van der Waals surface area contributed by atoms with Crippen LogP contribution in [0, 0.1) is 0 Å². The van der Waals surface area contributed by atoms with Crippen molar-refractivity contribution in [3.05, 3.63) is 29.8 Å². The molecule has 0 aromatic heterocycles. The predicted molar refractivity (Wildman–Crippen MR) is 75.8 cm³/mol. The molecule has 1 rings (SSSR count). The van der Waals surface area contributed by atoms with Gasteiger partial charge in [0.25, 0.3) is 5.91 Å². The van der Waals surface area contributed by atoms with E-state index in [9.17, 15) is 13.2 Å². The van der Waals surface area contributed by atoms with Crippen LogP contribution >= 0.6 is 0 Å². The van der Waals surface area contributed by atoms with Gasteiger partial charge in [0.2, 0.25) is 10.0 Å². The Bertz CT molecular complexity index is 529. The number of nitrogens with one attached hydrogen (secondary N) is 3. The molecule has 1 aromatic rings. The quantitative estimate of drug-likeness (QED) is 0.633. The maximum absolute atomic E-state index is 11.9. The number of sulfonamides is 1. The van der Waals surface area contributed by atoms with E-state index in [1.165, 1.54) is 0 Å². The average molecular weight is 285 g/mol. The number of para-hydroxylation sites is 1. The Kier molecular flexibility index (Phi) is 5.78. The molecule has 19 heavy (non-hydrogen) atoms. The highest BCUT2D eigenvalue weighted by atomic mass is 32.2. The molecule has 0 aliphatic rings. The van der Waals surface area contributed by atoms with Gasteiger partial charge in [0.1, 0.15) is 0 Å². The molecule has 0 radical (unpaired) electrons. The molecule has 0 aliphatic heterocycles. The minimum Gasteiger partial charge on any atom is -0.351 e. The van der Waals surface area contributed by atoms with Gasteiger partial charge in [-0.15, -0.1) is 0 Å². The van der Waals surface area contributed by atoms with Gasteiger partial charge in [-0.3, -0.25) is 9.52 Å². The van der Waals surface area contributed by atoms with E-state index in [2.05, 4.69) is 15.4 Å². The molecule has 0 heterocycles. The molecule has 106 valence electrons. The van der Waals surface area contributed by atoms with Crippen LogP contribution in [0.15, 0.2) is 24.3 Å². The van der Waals surface area contributed by atoms with Gasteiger partial charge >= 0.3 is 0 Å². The highest BCUT2D eigenvalue weighted by Crippen LogP contribution is 2.15. The molecule has 0 aliphatic carbocycles. The monoisotopic (exact) mass is 285 g/mol. The van der Waals surface area contributed by atoms with Crippen LogP contribution in [-0.4, -0.2) is 40.2 Å². The molecule has 0 bridgehead atoms. The summed E-state index contributed by atoms with van der Waals surface area (Å²) in [6.45, 7) is 3.97. The minimum atomic E-state index is -3.40. The second-order valence-electron chi connectivity index (χ2n) is 4.03. The number of carbonyl (C=O) groups is 1. The summed E-state index contributed by atoms with van der Waals surface area (Å²) < 4.78 is 24.8. The largest absolute Gasteiger partial charge is 0.351 e. The standard InChI is InChI=1S/C12H19N3O3S/c1-3-13-8-9-14-12(16)10-6-4-5-7-11(10)15-19(2,17)18/h4-7,13,15H,3,8-9H2,1-2H3,(H,14,16). The number of likely N-dealkylation sites (N-methyl/N-ethyl adjacent to an activating group) is 1. The lowest BCUT2D eigenvalue weighted by Crippen LogP contribution is -2.32. The van der Waals surface area contributed by atoms with E-state index in [1.54, 1.807) is 24.3 Å². The minimum absolute atomic E-state index is 0.283. The fourth-order valence-corrected chi connectivity index (χ4v) is 2.08. The van der Waals surface area contributed by atoms with Crippen molar-refractivity contribution in [3.63, 3.8) is 0 Å². The summed E-state index contributed by atoms with van der Waals surface area (Å²) in [5.41, 5.74) is 0.593. The lowest BCUT2D eigenvalue weighted by Gasteiger charge is -2.11. The molecular formula is C12H19N3O3S. The van der Waals surface area contributed by atoms with Gasteiger partial charge in [0, 0.05) is 13.1 Å². The summed E-state index contributed by atoms with van der Waals surface area (Å²) in [6, 6.07) is 6.49. The normalized spacial score (nSPS) is 11.1. The summed E-state index contributed by atoms with van der Waals surface area (Å²) in [4.78, 5) is 11.9. The molecule has 7 heteroatoms. The van der Waals surface area contributed by atoms with Crippen molar-refractivity contribution in [1.82, 2.24) is 10.6 Å². The van der Waals surface area contributed by atoms with E-state index in [4.69, 9.17) is 0 Å². The smallest absolute Gasteiger partial charge is 0.253 e. The maximum atomic E-state index is 11.9. The third kappa shape index (κ3) is 5.71. The number of benzene rings is 1. The van der Waals surface area contributed by atoms with Gasteiger partial charge in [-0.1, -0.05) is 19.1 Å². The lowest BCUT2D eigenvalue weighted by molar-refractivity contribution is 0.0955. The van der Waals surface area contributed by atoms with Crippen molar-refractivity contribution in [2.75, 3.05) is 30.6 Å². The molecule has 0 atom stereocenters. The second-order valence-corrected chi connectivity index (χ2v) is 5.78. The highest BCUT2D eigenvalue weighted by molar-refractivity contribution is 7.92. The highest BCUT2D eigenvalue weighted by Gasteiger charge is 2.12. The van der Waals surface area contributed by atoms with Crippen LogP contribution in [0.2, 0.25) is 0 Å². The fraction of sp³-hybridized carbons (Fsp3) is 0.417. The van der Waals surface area contributed by atoms with Gasteiger partial charge in [0.15, 0.2) is 0 Å². The van der Waals surface area contributed by atoms with E-state index < -0.39 is 10.0 Å². The summed E-state index contributed by atoms with van der Waals surface area (Å²) in [5, 5.41) is 5.81. The topological polar surface area (TPSA) is 87.3 Å². The second kappa shape index (κ2) is 7.10. The Morgan fingerprint density at radius 1 is 1.21 bits per heavy atom. The first-order valence-corrected chi connectivity index (χ1v) is 7.89. The van der Waals surface area contributed by atoms with Crippen molar-refractivity contribution in [2.45, 2.75) is 6.92 Å². The molecule has 6 nitrogen and oxygen atoms in total. The molecule has 0 fully saturated rings. The predicted octanol–water partition coefficient (Wildman–Crippen LogP) is 0.397. The van der Waals surface area contributed by atoms with E-state index in [0.29, 0.717) is 18.7 Å². The van der Waals surface area contributed by atoms with Gasteiger partial charge in [-0.25, -0.2) is 8.42 Å². The molecule has 0 unspecified atom stereocenters. The molecule has 1 aromatic carbocycles. The van der Waals surface area contributed by atoms with Crippen molar-refractivity contribution < 1.29 is 13.2 Å². The van der Waals surface area contributed by atoms with Crippen molar-refractivity contribution in [3.8, 4) is 0 Å². The van der Waals surface area contributed by atoms with E-state index >= 15 is 0 Å². The summed E-state index contributed by atoms with van der Waals surface area (Å²) in [5.74, 6) is -0.301.